The molecule has 15 heavy (non-hydrogen) atoms. The van der Waals surface area contributed by atoms with Crippen molar-refractivity contribution in [2.75, 3.05) is 0 Å². The van der Waals surface area contributed by atoms with Crippen LogP contribution in [0.15, 0.2) is 42.5 Å². The number of carbonyl (C=O) groups excluding carboxylic acids is 1. The van der Waals surface area contributed by atoms with Crippen LogP contribution in [0.25, 0.3) is 10.8 Å². The average molecular weight is 229 g/mol. The molecule has 0 unspecified atom stereocenters. The van der Waals surface area contributed by atoms with Crippen molar-refractivity contribution in [3.05, 3.63) is 48.0 Å². The molecule has 0 aliphatic rings. The minimum Gasteiger partial charge on any atom is -0.307 e. The molecule has 0 amide bonds. The van der Waals surface area contributed by atoms with E-state index in [4.69, 9.17) is 4.79 Å². The molecule has 0 N–H and O–H groups in total. The molecule has 0 heterocycles. The minimum absolute atomic E-state index is 0. The quantitative estimate of drug-likeness (QED) is 0.635. The number of hydrogen-bond acceptors (Lipinski definition) is 1. The topological polar surface area (TPSA) is 17.1 Å². The third-order valence-corrected chi connectivity index (χ3v) is 2.01. The molecule has 1 radical (unpaired) electrons. The number of rotatable bonds is 0. The Morgan fingerprint density at radius 2 is 1.47 bits per heavy atom. The van der Waals surface area contributed by atoms with Crippen molar-refractivity contribution in [2.24, 2.45) is 0 Å². The number of carbonyl (C=O) groups is 1. The molecule has 0 fully saturated rings. The fraction of sp³-hybridized carbons (Fsp3) is 0.0833. The van der Waals surface area contributed by atoms with Gasteiger partial charge in [-0.25, -0.2) is 0 Å². The summed E-state index contributed by atoms with van der Waals surface area (Å²) in [4.78, 5) is 8.00. The van der Waals surface area contributed by atoms with Crippen LogP contribution in [0.3, 0.4) is 0 Å². The summed E-state index contributed by atoms with van der Waals surface area (Å²) in [5, 5.41) is 2.68. The van der Waals surface area contributed by atoms with Crippen molar-refractivity contribution in [2.45, 2.75) is 6.92 Å². The van der Waals surface area contributed by atoms with E-state index >= 15 is 0 Å². The van der Waals surface area contributed by atoms with Gasteiger partial charge in [0, 0.05) is 29.6 Å². The van der Waals surface area contributed by atoms with Crippen LogP contribution >= 0.6 is 13.5 Å². The van der Waals surface area contributed by atoms with Gasteiger partial charge in [-0.05, 0) is 23.3 Å². The zero-order valence-corrected chi connectivity index (χ0v) is 12.2. The summed E-state index contributed by atoms with van der Waals surface area (Å²) in [6.07, 6.45) is 0. The average Bonchev–Trinajstić information content (AvgIpc) is 2.22. The first-order valence-corrected chi connectivity index (χ1v) is 4.11. The molecule has 0 aromatic heterocycles. The van der Waals surface area contributed by atoms with E-state index < -0.39 is 0 Å². The summed E-state index contributed by atoms with van der Waals surface area (Å²) in [5.74, 6) is 0. The minimum atomic E-state index is 0. The maximum Gasteiger partial charge on any atom is 0.106 e. The maximum absolute atomic E-state index is 8.00. The summed E-state index contributed by atoms with van der Waals surface area (Å²) in [5.41, 5.74) is 1.35. The van der Waals surface area contributed by atoms with Gasteiger partial charge in [0.15, 0.2) is 0 Å². The van der Waals surface area contributed by atoms with E-state index in [0.717, 1.165) is 0 Å². The van der Waals surface area contributed by atoms with Crippen molar-refractivity contribution in [3.63, 3.8) is 0 Å². The molecule has 3 heteroatoms. The second-order valence-corrected chi connectivity index (χ2v) is 2.80. The molecule has 0 saturated carbocycles. The van der Waals surface area contributed by atoms with Crippen molar-refractivity contribution in [3.8, 4) is 0 Å². The van der Waals surface area contributed by atoms with Crippen LogP contribution in [0.2, 0.25) is 0 Å². The van der Waals surface area contributed by atoms with E-state index in [9.17, 15) is 0 Å². The van der Waals surface area contributed by atoms with E-state index in [1.54, 1.807) is 0 Å². The molecule has 1 nitrogen and oxygen atoms in total. The SMILES string of the molecule is C=O.Cc1cccc2ccccc12.S.[Na]. The summed E-state index contributed by atoms with van der Waals surface area (Å²) >= 11 is 0. The monoisotopic (exact) mass is 229 g/mol. The Labute approximate surface area is 120 Å². The molecule has 0 atom stereocenters. The van der Waals surface area contributed by atoms with Crippen molar-refractivity contribution in [1.29, 1.82) is 0 Å². The van der Waals surface area contributed by atoms with Gasteiger partial charge >= 0.3 is 0 Å². The summed E-state index contributed by atoms with van der Waals surface area (Å²) in [6, 6.07) is 14.8. The van der Waals surface area contributed by atoms with E-state index in [1.165, 1.54) is 16.3 Å². The van der Waals surface area contributed by atoms with Gasteiger partial charge in [0.05, 0.1) is 0 Å². The van der Waals surface area contributed by atoms with Crippen LogP contribution in [0.1, 0.15) is 5.56 Å². The molecule has 0 bridgehead atoms. The van der Waals surface area contributed by atoms with Crippen LogP contribution < -0.4 is 0 Å². The van der Waals surface area contributed by atoms with Gasteiger partial charge in [0.2, 0.25) is 0 Å². The van der Waals surface area contributed by atoms with Gasteiger partial charge in [0.1, 0.15) is 6.79 Å². The van der Waals surface area contributed by atoms with Crippen LogP contribution in [0.5, 0.6) is 0 Å². The Morgan fingerprint density at radius 3 is 2.07 bits per heavy atom. The first-order chi connectivity index (χ1) is 6.38. The van der Waals surface area contributed by atoms with Crippen LogP contribution in [-0.4, -0.2) is 36.3 Å². The molecular formula is C12H14NaOS. The van der Waals surface area contributed by atoms with Crippen molar-refractivity contribution >= 4 is 60.6 Å². The predicted octanol–water partition coefficient (Wildman–Crippen LogP) is 2.70. The number of hydrogen-bond donors (Lipinski definition) is 0. The van der Waals surface area contributed by atoms with Gasteiger partial charge in [-0.1, -0.05) is 42.5 Å². The standard InChI is InChI=1S/C11H10.CH2O.Na.H2S/c1-9-5-4-7-10-6-2-3-8-11(9)10;1-2;;/h2-8H,1H3;1H2;;1H2. The van der Waals surface area contributed by atoms with Crippen LogP contribution in [-0.2, 0) is 4.79 Å². The van der Waals surface area contributed by atoms with E-state index in [2.05, 4.69) is 49.4 Å². The maximum atomic E-state index is 8.00. The molecule has 0 saturated heterocycles. The van der Waals surface area contributed by atoms with E-state index in [0.29, 0.717) is 0 Å². The zero-order valence-electron chi connectivity index (χ0n) is 9.16. The number of fused-ring (bicyclic) bond motifs is 1. The Morgan fingerprint density at radius 1 is 0.933 bits per heavy atom. The van der Waals surface area contributed by atoms with Gasteiger partial charge < -0.3 is 4.79 Å². The Balaban J connectivity index is 0. The van der Waals surface area contributed by atoms with Crippen molar-refractivity contribution in [1.82, 2.24) is 0 Å². The Bertz CT molecular complexity index is 398. The molecule has 2 aromatic carbocycles. The Kier molecular flexibility index (Phi) is 10.3. The van der Waals surface area contributed by atoms with E-state index in [1.807, 2.05) is 6.79 Å². The molecule has 0 spiro atoms. The summed E-state index contributed by atoms with van der Waals surface area (Å²) in [6.45, 7) is 4.14. The third-order valence-electron chi connectivity index (χ3n) is 2.01. The first kappa shape index (κ1) is 17.1. The fourth-order valence-corrected chi connectivity index (χ4v) is 1.39. The molecule has 75 valence electrons. The second-order valence-electron chi connectivity index (χ2n) is 2.80. The first-order valence-electron chi connectivity index (χ1n) is 4.11. The fourth-order valence-electron chi connectivity index (χ4n) is 1.39. The molecular weight excluding hydrogens is 215 g/mol. The van der Waals surface area contributed by atoms with Gasteiger partial charge in [-0.15, -0.1) is 0 Å². The van der Waals surface area contributed by atoms with E-state index in [-0.39, 0.29) is 43.1 Å². The predicted molar refractivity (Wildman–Crippen MR) is 71.9 cm³/mol. The molecule has 0 aliphatic carbocycles. The second kappa shape index (κ2) is 8.98. The third kappa shape index (κ3) is 4.39. The van der Waals surface area contributed by atoms with Crippen LogP contribution in [0, 0.1) is 6.92 Å². The number of benzene rings is 2. The van der Waals surface area contributed by atoms with Gasteiger partial charge in [-0.2, -0.15) is 13.5 Å². The van der Waals surface area contributed by atoms with Gasteiger partial charge in [0.25, 0.3) is 0 Å². The molecule has 2 aromatic rings. The van der Waals surface area contributed by atoms with Crippen LogP contribution in [0.4, 0.5) is 0 Å². The number of aryl methyl sites for hydroxylation is 1. The smallest absolute Gasteiger partial charge is 0.106 e. The zero-order chi connectivity index (χ0) is 9.68. The van der Waals surface area contributed by atoms with Gasteiger partial charge in [-0.3, -0.25) is 0 Å². The Hall–Kier alpha value is -0.280. The molecule has 2 rings (SSSR count). The summed E-state index contributed by atoms with van der Waals surface area (Å²) in [7, 11) is 0. The molecule has 0 aliphatic heterocycles. The largest absolute Gasteiger partial charge is 0.307 e. The normalized spacial score (nSPS) is 7.80. The summed E-state index contributed by atoms with van der Waals surface area (Å²) < 4.78 is 0. The van der Waals surface area contributed by atoms with Crippen molar-refractivity contribution < 1.29 is 4.79 Å².